The molecule has 4 aromatic rings. The molecule has 3 heterocycles. The van der Waals surface area contributed by atoms with Crippen LogP contribution in [0.15, 0.2) is 66.4 Å². The molecule has 8 nitrogen and oxygen atoms in total. The van der Waals surface area contributed by atoms with E-state index in [4.69, 9.17) is 9.47 Å². The molecule has 0 radical (unpaired) electrons. The maximum absolute atomic E-state index is 13.5. The quantitative estimate of drug-likeness (QED) is 0.180. The van der Waals surface area contributed by atoms with E-state index in [1.807, 2.05) is 45.9 Å². The zero-order valence-electron chi connectivity index (χ0n) is 22.4. The smallest absolute Gasteiger partial charge is 0.301 e. The molecule has 1 atom stereocenters. The minimum Gasteiger partial charge on any atom is -0.507 e. The predicted octanol–water partition coefficient (Wildman–Crippen LogP) is 6.02. The van der Waals surface area contributed by atoms with Gasteiger partial charge >= 0.3 is 5.91 Å². The van der Waals surface area contributed by atoms with Gasteiger partial charge in [0.2, 0.25) is 0 Å². The highest BCUT2D eigenvalue weighted by Gasteiger charge is 2.49. The van der Waals surface area contributed by atoms with Gasteiger partial charge in [-0.2, -0.15) is 0 Å². The lowest BCUT2D eigenvalue weighted by molar-refractivity contribution is -0.132. The fourth-order valence-corrected chi connectivity index (χ4v) is 5.72. The van der Waals surface area contributed by atoms with Crippen molar-refractivity contribution in [1.82, 2.24) is 9.97 Å². The van der Waals surface area contributed by atoms with E-state index >= 15 is 0 Å². The summed E-state index contributed by atoms with van der Waals surface area (Å²) in [5, 5.41) is 11.9. The number of hydrogen-bond acceptors (Lipinski definition) is 8. The SMILES string of the molecule is CCOc1ccc2nc(N3C(=O)C(=O)/C(=C(/O)c4ccc(OC)c(C(C)(C)C)c4)C3c3ccccn3)sc2c1. The number of aromatic nitrogens is 2. The third-order valence-corrected chi connectivity index (χ3v) is 7.58. The largest absolute Gasteiger partial charge is 0.507 e. The first kappa shape index (κ1) is 26.4. The van der Waals surface area contributed by atoms with Gasteiger partial charge in [-0.1, -0.05) is 38.2 Å². The highest BCUT2D eigenvalue weighted by molar-refractivity contribution is 7.22. The van der Waals surface area contributed by atoms with Crippen molar-refractivity contribution < 1.29 is 24.2 Å². The van der Waals surface area contributed by atoms with Crippen molar-refractivity contribution in [3.05, 3.63) is 83.2 Å². The van der Waals surface area contributed by atoms with Gasteiger partial charge in [-0.15, -0.1) is 0 Å². The maximum Gasteiger partial charge on any atom is 0.301 e. The molecule has 1 aliphatic rings. The summed E-state index contributed by atoms with van der Waals surface area (Å²) in [5.41, 5.74) is 2.04. The molecule has 0 aliphatic carbocycles. The number of nitrogens with zero attached hydrogens (tertiary/aromatic N) is 3. The molecule has 39 heavy (non-hydrogen) atoms. The molecule has 1 fully saturated rings. The normalized spacial score (nSPS) is 17.2. The molecule has 9 heteroatoms. The molecular formula is C30H29N3O5S. The van der Waals surface area contributed by atoms with Gasteiger partial charge in [0.25, 0.3) is 5.78 Å². The van der Waals surface area contributed by atoms with Gasteiger partial charge in [-0.25, -0.2) is 4.98 Å². The van der Waals surface area contributed by atoms with Crippen molar-refractivity contribution in [3.63, 3.8) is 0 Å². The van der Waals surface area contributed by atoms with Crippen LogP contribution in [-0.2, 0) is 15.0 Å². The molecule has 0 bridgehead atoms. The van der Waals surface area contributed by atoms with Crippen LogP contribution in [0.5, 0.6) is 11.5 Å². The fourth-order valence-electron chi connectivity index (χ4n) is 4.70. The lowest BCUT2D eigenvalue weighted by Crippen LogP contribution is -2.29. The molecule has 1 aliphatic heterocycles. The van der Waals surface area contributed by atoms with E-state index < -0.39 is 17.7 Å². The van der Waals surface area contributed by atoms with Gasteiger partial charge < -0.3 is 14.6 Å². The summed E-state index contributed by atoms with van der Waals surface area (Å²) >= 11 is 1.27. The average Bonchev–Trinajstić information content (AvgIpc) is 3.45. The number of rotatable bonds is 6. The van der Waals surface area contributed by atoms with E-state index in [-0.39, 0.29) is 16.7 Å². The first-order valence-electron chi connectivity index (χ1n) is 12.6. The minimum absolute atomic E-state index is 0.0435. The third kappa shape index (κ3) is 4.74. The van der Waals surface area contributed by atoms with Crippen LogP contribution in [0.2, 0.25) is 0 Å². The Hall–Kier alpha value is -4.24. The monoisotopic (exact) mass is 543 g/mol. The molecule has 2 aromatic carbocycles. The Morgan fingerprint density at radius 3 is 2.56 bits per heavy atom. The van der Waals surface area contributed by atoms with Crippen LogP contribution in [0, 0.1) is 0 Å². The Morgan fingerprint density at radius 2 is 1.90 bits per heavy atom. The molecule has 0 saturated carbocycles. The number of hydrogen-bond donors (Lipinski definition) is 1. The Bertz CT molecular complexity index is 1600. The number of ketones is 1. The first-order valence-corrected chi connectivity index (χ1v) is 13.4. The summed E-state index contributed by atoms with van der Waals surface area (Å²) in [7, 11) is 1.59. The van der Waals surface area contributed by atoms with E-state index in [1.165, 1.54) is 16.2 Å². The van der Waals surface area contributed by atoms with E-state index in [0.29, 0.717) is 40.0 Å². The number of Topliss-reactive ketones (excluding diaryl/α,β-unsaturated/α-hetero) is 1. The van der Waals surface area contributed by atoms with Crippen LogP contribution in [0.4, 0.5) is 5.13 Å². The molecule has 5 rings (SSSR count). The standard InChI is InChI=1S/C30H29N3O5S/c1-6-38-18-11-12-20-23(16-18)39-29(32-20)33-25(21-9-7-8-14-31-21)24(27(35)28(33)36)26(34)17-10-13-22(37-5)19(15-17)30(2,3)4/h7-16,25,34H,6H2,1-5H3/b26-24+. The number of anilines is 1. The van der Waals surface area contributed by atoms with Crippen LogP contribution in [0.1, 0.15) is 50.6 Å². The van der Waals surface area contributed by atoms with Gasteiger partial charge in [0.1, 0.15) is 23.3 Å². The van der Waals surface area contributed by atoms with Crippen LogP contribution in [0.25, 0.3) is 16.0 Å². The van der Waals surface area contributed by atoms with E-state index in [0.717, 1.165) is 10.3 Å². The summed E-state index contributed by atoms with van der Waals surface area (Å²) in [6.07, 6.45) is 1.59. The predicted molar refractivity (Wildman–Crippen MR) is 152 cm³/mol. The number of methoxy groups -OCH3 is 1. The second kappa shape index (κ2) is 10.1. The van der Waals surface area contributed by atoms with Crippen molar-refractivity contribution >= 4 is 44.1 Å². The summed E-state index contributed by atoms with van der Waals surface area (Å²) in [6.45, 7) is 8.53. The Labute approximate surface area is 230 Å². The number of amides is 1. The fraction of sp³-hybridized carbons (Fsp3) is 0.267. The van der Waals surface area contributed by atoms with Gasteiger partial charge in [-0.05, 0) is 60.9 Å². The molecule has 1 saturated heterocycles. The number of ether oxygens (including phenoxy) is 2. The summed E-state index contributed by atoms with van der Waals surface area (Å²) in [4.78, 5) is 37.5. The number of carbonyl (C=O) groups excluding carboxylic acids is 2. The Morgan fingerprint density at radius 1 is 1.10 bits per heavy atom. The average molecular weight is 544 g/mol. The van der Waals surface area contributed by atoms with Crippen molar-refractivity contribution in [1.29, 1.82) is 0 Å². The molecule has 0 spiro atoms. The summed E-state index contributed by atoms with van der Waals surface area (Å²) in [5.74, 6) is -0.495. The zero-order valence-corrected chi connectivity index (χ0v) is 23.2. The highest BCUT2D eigenvalue weighted by Crippen LogP contribution is 2.44. The summed E-state index contributed by atoms with van der Waals surface area (Å²) < 4.78 is 12.0. The van der Waals surface area contributed by atoms with E-state index in [9.17, 15) is 14.7 Å². The Balaban J connectivity index is 1.69. The van der Waals surface area contributed by atoms with Gasteiger partial charge in [0.05, 0.1) is 35.2 Å². The molecule has 2 aromatic heterocycles. The summed E-state index contributed by atoms with van der Waals surface area (Å²) in [6, 6.07) is 15.0. The molecule has 1 N–H and O–H groups in total. The number of benzene rings is 2. The van der Waals surface area contributed by atoms with Crippen LogP contribution < -0.4 is 14.4 Å². The van der Waals surface area contributed by atoms with Crippen LogP contribution >= 0.6 is 11.3 Å². The number of fused-ring (bicyclic) bond motifs is 1. The number of aliphatic hydroxyl groups excluding tert-OH is 1. The number of thiazole rings is 1. The third-order valence-electron chi connectivity index (χ3n) is 6.56. The number of pyridine rings is 1. The lowest BCUT2D eigenvalue weighted by atomic mass is 9.84. The number of carbonyl (C=O) groups is 2. The van der Waals surface area contributed by atoms with Crippen molar-refractivity contribution in [2.75, 3.05) is 18.6 Å². The minimum atomic E-state index is -0.960. The second-order valence-corrected chi connectivity index (χ2v) is 11.2. The second-order valence-electron chi connectivity index (χ2n) is 10.1. The van der Waals surface area contributed by atoms with Crippen molar-refractivity contribution in [3.8, 4) is 11.5 Å². The molecular weight excluding hydrogens is 514 g/mol. The van der Waals surface area contributed by atoms with Crippen molar-refractivity contribution in [2.24, 2.45) is 0 Å². The maximum atomic E-state index is 13.5. The van der Waals surface area contributed by atoms with Crippen LogP contribution in [-0.4, -0.2) is 40.5 Å². The highest BCUT2D eigenvalue weighted by atomic mass is 32.1. The van der Waals surface area contributed by atoms with Gasteiger partial charge in [0, 0.05) is 17.3 Å². The molecule has 1 unspecified atom stereocenters. The van der Waals surface area contributed by atoms with Gasteiger partial charge in [-0.3, -0.25) is 19.5 Å². The molecule has 1 amide bonds. The topological polar surface area (TPSA) is 102 Å². The lowest BCUT2D eigenvalue weighted by Gasteiger charge is -2.24. The molecule has 200 valence electrons. The van der Waals surface area contributed by atoms with Crippen molar-refractivity contribution in [2.45, 2.75) is 39.2 Å². The van der Waals surface area contributed by atoms with Gasteiger partial charge in [0.15, 0.2) is 5.13 Å². The van der Waals surface area contributed by atoms with E-state index in [1.54, 1.807) is 49.7 Å². The zero-order chi connectivity index (χ0) is 27.9. The van der Waals surface area contributed by atoms with E-state index in [2.05, 4.69) is 9.97 Å². The Kier molecular flexibility index (Phi) is 6.86. The number of aliphatic hydroxyl groups is 1. The first-order chi connectivity index (χ1) is 18.6. The van der Waals surface area contributed by atoms with Crippen LogP contribution in [0.3, 0.4) is 0 Å².